The number of nitrogens with zero attached hydrogens (tertiary/aromatic N) is 3. The lowest BCUT2D eigenvalue weighted by atomic mass is 10.2. The SMILES string of the molecule is COC[C@H](N)c1cnnn1CCCF. The van der Waals surface area contributed by atoms with Crippen LogP contribution < -0.4 is 5.73 Å². The Labute approximate surface area is 82.0 Å². The van der Waals surface area contributed by atoms with Gasteiger partial charge >= 0.3 is 0 Å². The molecule has 0 spiro atoms. The first-order chi connectivity index (χ1) is 6.79. The normalized spacial score (nSPS) is 13.1. The molecule has 0 aliphatic carbocycles. The van der Waals surface area contributed by atoms with Gasteiger partial charge in [0.15, 0.2) is 0 Å². The Morgan fingerprint density at radius 3 is 3.14 bits per heavy atom. The van der Waals surface area contributed by atoms with Gasteiger partial charge in [0.05, 0.1) is 31.2 Å². The quantitative estimate of drug-likeness (QED) is 0.719. The Balaban J connectivity index is 2.61. The van der Waals surface area contributed by atoms with Crippen LogP contribution in [-0.4, -0.2) is 35.4 Å². The van der Waals surface area contributed by atoms with Gasteiger partial charge in [0, 0.05) is 13.7 Å². The molecular formula is C8H15FN4O. The van der Waals surface area contributed by atoms with E-state index in [0.29, 0.717) is 19.6 Å². The average Bonchev–Trinajstić information content (AvgIpc) is 2.63. The van der Waals surface area contributed by atoms with Gasteiger partial charge in [-0.3, -0.25) is 4.39 Å². The Morgan fingerprint density at radius 1 is 1.71 bits per heavy atom. The highest BCUT2D eigenvalue weighted by molar-refractivity contribution is 5.01. The molecule has 0 radical (unpaired) electrons. The topological polar surface area (TPSA) is 66.0 Å². The number of methoxy groups -OCH3 is 1. The van der Waals surface area contributed by atoms with E-state index in [1.54, 1.807) is 18.0 Å². The van der Waals surface area contributed by atoms with E-state index in [1.165, 1.54) is 0 Å². The molecule has 2 N–H and O–H groups in total. The van der Waals surface area contributed by atoms with E-state index < -0.39 is 0 Å². The van der Waals surface area contributed by atoms with Crippen LogP contribution in [0.15, 0.2) is 6.20 Å². The van der Waals surface area contributed by atoms with E-state index >= 15 is 0 Å². The van der Waals surface area contributed by atoms with E-state index in [9.17, 15) is 4.39 Å². The Bertz CT molecular complexity index is 266. The van der Waals surface area contributed by atoms with Crippen LogP contribution in [0, 0.1) is 0 Å². The van der Waals surface area contributed by atoms with Gasteiger partial charge in [0.2, 0.25) is 0 Å². The third kappa shape index (κ3) is 2.74. The van der Waals surface area contributed by atoms with Crippen LogP contribution in [0.4, 0.5) is 4.39 Å². The fraction of sp³-hybridized carbons (Fsp3) is 0.750. The van der Waals surface area contributed by atoms with Gasteiger partial charge < -0.3 is 10.5 Å². The third-order valence-corrected chi connectivity index (χ3v) is 1.88. The highest BCUT2D eigenvalue weighted by Crippen LogP contribution is 2.08. The largest absolute Gasteiger partial charge is 0.383 e. The molecule has 14 heavy (non-hydrogen) atoms. The van der Waals surface area contributed by atoms with Crippen molar-refractivity contribution in [3.8, 4) is 0 Å². The molecule has 5 nitrogen and oxygen atoms in total. The molecular weight excluding hydrogens is 187 g/mol. The van der Waals surface area contributed by atoms with E-state index in [2.05, 4.69) is 10.3 Å². The smallest absolute Gasteiger partial charge is 0.0912 e. The standard InChI is InChI=1S/C8H15FN4O/c1-14-6-7(10)8-5-11-12-13(8)4-2-3-9/h5,7H,2-4,6,10H2,1H3/t7-/m0/s1. The van der Waals surface area contributed by atoms with Gasteiger partial charge in [0.25, 0.3) is 0 Å². The summed E-state index contributed by atoms with van der Waals surface area (Å²) in [5, 5.41) is 7.55. The summed E-state index contributed by atoms with van der Waals surface area (Å²) in [4.78, 5) is 0. The third-order valence-electron chi connectivity index (χ3n) is 1.88. The number of rotatable bonds is 6. The van der Waals surface area contributed by atoms with Gasteiger partial charge in [0.1, 0.15) is 0 Å². The molecule has 0 bridgehead atoms. The molecule has 1 atom stereocenters. The number of aryl methyl sites for hydroxylation is 1. The zero-order valence-corrected chi connectivity index (χ0v) is 8.19. The van der Waals surface area contributed by atoms with Crippen LogP contribution in [0.2, 0.25) is 0 Å². The molecule has 80 valence electrons. The predicted octanol–water partition coefficient (Wildman–Crippen LogP) is 0.284. The second kappa shape index (κ2) is 5.66. The summed E-state index contributed by atoms with van der Waals surface area (Å²) in [6.45, 7) is 0.547. The van der Waals surface area contributed by atoms with Gasteiger partial charge in [-0.25, -0.2) is 4.68 Å². The lowest BCUT2D eigenvalue weighted by molar-refractivity contribution is 0.177. The van der Waals surface area contributed by atoms with Crippen LogP contribution in [0.1, 0.15) is 18.2 Å². The van der Waals surface area contributed by atoms with Crippen molar-refractivity contribution >= 4 is 0 Å². The number of hydrogen-bond acceptors (Lipinski definition) is 4. The van der Waals surface area contributed by atoms with Crippen LogP contribution in [-0.2, 0) is 11.3 Å². The summed E-state index contributed by atoms with van der Waals surface area (Å²) in [7, 11) is 1.58. The number of aromatic nitrogens is 3. The molecule has 0 saturated carbocycles. The Hall–Kier alpha value is -1.01. The maximum atomic E-state index is 11.9. The van der Waals surface area contributed by atoms with E-state index in [0.717, 1.165) is 5.69 Å². The second-order valence-electron chi connectivity index (χ2n) is 2.99. The van der Waals surface area contributed by atoms with Crippen molar-refractivity contribution in [1.82, 2.24) is 15.0 Å². The summed E-state index contributed by atoms with van der Waals surface area (Å²) < 4.78 is 18.5. The van der Waals surface area contributed by atoms with Crippen LogP contribution in [0.25, 0.3) is 0 Å². The Morgan fingerprint density at radius 2 is 2.50 bits per heavy atom. The maximum Gasteiger partial charge on any atom is 0.0912 e. The molecule has 1 aromatic heterocycles. The van der Waals surface area contributed by atoms with Crippen LogP contribution in [0.5, 0.6) is 0 Å². The first kappa shape index (κ1) is 11.1. The lowest BCUT2D eigenvalue weighted by Crippen LogP contribution is -2.20. The minimum atomic E-state index is -0.362. The first-order valence-electron chi connectivity index (χ1n) is 4.48. The molecule has 0 aliphatic rings. The predicted molar refractivity (Wildman–Crippen MR) is 49.4 cm³/mol. The molecule has 0 aromatic carbocycles. The highest BCUT2D eigenvalue weighted by Gasteiger charge is 2.11. The van der Waals surface area contributed by atoms with Gasteiger partial charge in [-0.2, -0.15) is 0 Å². The zero-order valence-electron chi connectivity index (χ0n) is 8.19. The molecule has 6 heteroatoms. The molecule has 1 rings (SSSR count). The van der Waals surface area contributed by atoms with Crippen molar-refractivity contribution < 1.29 is 9.13 Å². The minimum Gasteiger partial charge on any atom is -0.383 e. The molecule has 0 amide bonds. The first-order valence-corrected chi connectivity index (χ1v) is 4.48. The summed E-state index contributed by atoms with van der Waals surface area (Å²) in [5.74, 6) is 0. The Kier molecular flexibility index (Phi) is 4.48. The monoisotopic (exact) mass is 202 g/mol. The number of hydrogen-bond donors (Lipinski definition) is 1. The number of halogens is 1. The van der Waals surface area contributed by atoms with Crippen LogP contribution >= 0.6 is 0 Å². The fourth-order valence-corrected chi connectivity index (χ4v) is 1.20. The van der Waals surface area contributed by atoms with Crippen molar-refractivity contribution in [1.29, 1.82) is 0 Å². The molecule has 0 fully saturated rings. The number of ether oxygens (including phenoxy) is 1. The van der Waals surface area contributed by atoms with Crippen molar-refractivity contribution in [3.63, 3.8) is 0 Å². The summed E-state index contributed by atoms with van der Waals surface area (Å²) >= 11 is 0. The molecule has 1 aromatic rings. The molecule has 0 saturated heterocycles. The van der Waals surface area contributed by atoms with E-state index in [1.807, 2.05) is 0 Å². The summed E-state index contributed by atoms with van der Waals surface area (Å²) in [6, 6.07) is -0.255. The second-order valence-corrected chi connectivity index (χ2v) is 2.99. The highest BCUT2D eigenvalue weighted by atomic mass is 19.1. The average molecular weight is 202 g/mol. The van der Waals surface area contributed by atoms with Crippen LogP contribution in [0.3, 0.4) is 0 Å². The van der Waals surface area contributed by atoms with Gasteiger partial charge in [-0.1, -0.05) is 5.21 Å². The summed E-state index contributed by atoms with van der Waals surface area (Å²) in [6.07, 6.45) is 2.01. The minimum absolute atomic E-state index is 0.255. The van der Waals surface area contributed by atoms with Crippen molar-refractivity contribution in [2.45, 2.75) is 19.0 Å². The van der Waals surface area contributed by atoms with Crippen molar-refractivity contribution in [3.05, 3.63) is 11.9 Å². The summed E-state index contributed by atoms with van der Waals surface area (Å²) in [5.41, 5.74) is 6.58. The lowest BCUT2D eigenvalue weighted by Gasteiger charge is -2.11. The van der Waals surface area contributed by atoms with E-state index in [-0.39, 0.29) is 12.7 Å². The molecule has 1 heterocycles. The van der Waals surface area contributed by atoms with Crippen molar-refractivity contribution in [2.24, 2.45) is 5.73 Å². The molecule has 0 aliphatic heterocycles. The maximum absolute atomic E-state index is 11.9. The van der Waals surface area contributed by atoms with E-state index in [4.69, 9.17) is 10.5 Å². The zero-order chi connectivity index (χ0) is 10.4. The molecule has 0 unspecified atom stereocenters. The van der Waals surface area contributed by atoms with Gasteiger partial charge in [-0.05, 0) is 6.42 Å². The number of nitrogens with two attached hydrogens (primary N) is 1. The van der Waals surface area contributed by atoms with Gasteiger partial charge in [-0.15, -0.1) is 5.10 Å². The fourth-order valence-electron chi connectivity index (χ4n) is 1.20. The van der Waals surface area contributed by atoms with Crippen molar-refractivity contribution in [2.75, 3.05) is 20.4 Å². The number of alkyl halides is 1.